The molecule has 1 heterocycles. The number of hydrogen-bond donors (Lipinski definition) is 3. The number of rotatable bonds is 1. The minimum absolute atomic E-state index is 0.106. The van der Waals surface area contributed by atoms with Crippen molar-refractivity contribution in [3.05, 3.63) is 29.7 Å². The van der Waals surface area contributed by atoms with Gasteiger partial charge in [0.1, 0.15) is 5.52 Å². The van der Waals surface area contributed by atoms with Crippen molar-refractivity contribution in [2.75, 3.05) is 0 Å². The van der Waals surface area contributed by atoms with E-state index in [0.29, 0.717) is 5.39 Å². The number of halogens is 1. The summed E-state index contributed by atoms with van der Waals surface area (Å²) in [5.41, 5.74) is 0.222. The molecule has 0 spiro atoms. The molecule has 0 bridgehead atoms. The van der Waals surface area contributed by atoms with Gasteiger partial charge in [-0.3, -0.25) is 5.10 Å². The number of para-hydroxylation sites is 1. The molecule has 5 heteroatoms. The van der Waals surface area contributed by atoms with Crippen molar-refractivity contribution in [2.45, 2.75) is 6.29 Å². The molecule has 0 aliphatic carbocycles. The van der Waals surface area contributed by atoms with Gasteiger partial charge in [0.15, 0.2) is 12.1 Å². The fourth-order valence-electron chi connectivity index (χ4n) is 1.22. The summed E-state index contributed by atoms with van der Waals surface area (Å²) in [7, 11) is 0. The van der Waals surface area contributed by atoms with E-state index >= 15 is 0 Å². The Morgan fingerprint density at radius 3 is 2.85 bits per heavy atom. The third kappa shape index (κ3) is 1.18. The van der Waals surface area contributed by atoms with Crippen LogP contribution >= 0.6 is 0 Å². The smallest absolute Gasteiger partial charge is 0.196 e. The Hall–Kier alpha value is -1.46. The summed E-state index contributed by atoms with van der Waals surface area (Å²) in [6.07, 6.45) is -1.66. The Morgan fingerprint density at radius 1 is 1.38 bits per heavy atom. The monoisotopic (exact) mass is 182 g/mol. The van der Waals surface area contributed by atoms with Crippen LogP contribution in [0.2, 0.25) is 0 Å². The Kier molecular flexibility index (Phi) is 1.75. The highest BCUT2D eigenvalue weighted by molar-refractivity contribution is 5.81. The average Bonchev–Trinajstić information content (AvgIpc) is 2.48. The molecule has 13 heavy (non-hydrogen) atoms. The van der Waals surface area contributed by atoms with E-state index in [2.05, 4.69) is 10.2 Å². The van der Waals surface area contributed by atoms with Gasteiger partial charge in [0.05, 0.1) is 5.69 Å². The number of hydrogen-bond acceptors (Lipinski definition) is 3. The molecule has 0 atom stereocenters. The van der Waals surface area contributed by atoms with E-state index in [1.165, 1.54) is 12.1 Å². The molecule has 0 radical (unpaired) electrons. The first-order chi connectivity index (χ1) is 6.20. The molecular formula is C8H7FN2O2. The van der Waals surface area contributed by atoms with Crippen molar-refractivity contribution in [2.24, 2.45) is 0 Å². The number of aliphatic hydroxyl groups excluding tert-OH is 1. The Labute approximate surface area is 72.6 Å². The molecule has 2 aromatic rings. The van der Waals surface area contributed by atoms with Gasteiger partial charge in [0.2, 0.25) is 0 Å². The second-order valence-electron chi connectivity index (χ2n) is 2.65. The summed E-state index contributed by atoms with van der Waals surface area (Å²) in [5.74, 6) is -0.486. The van der Waals surface area contributed by atoms with Gasteiger partial charge in [-0.25, -0.2) is 4.39 Å². The van der Waals surface area contributed by atoms with Crippen LogP contribution in [0.4, 0.5) is 4.39 Å². The van der Waals surface area contributed by atoms with E-state index in [1.807, 2.05) is 0 Å². The molecule has 1 aromatic carbocycles. The van der Waals surface area contributed by atoms with E-state index in [4.69, 9.17) is 10.2 Å². The van der Waals surface area contributed by atoms with Gasteiger partial charge in [0, 0.05) is 5.39 Å². The van der Waals surface area contributed by atoms with Crippen molar-refractivity contribution in [3.8, 4) is 0 Å². The molecule has 0 amide bonds. The fraction of sp³-hybridized carbons (Fsp3) is 0.125. The van der Waals surface area contributed by atoms with Crippen LogP contribution in [0.15, 0.2) is 18.2 Å². The average molecular weight is 182 g/mol. The van der Waals surface area contributed by atoms with Crippen LogP contribution in [0.5, 0.6) is 0 Å². The van der Waals surface area contributed by atoms with E-state index < -0.39 is 12.1 Å². The number of aromatic nitrogens is 2. The molecule has 1 aromatic heterocycles. The Balaban J connectivity index is 2.75. The van der Waals surface area contributed by atoms with Crippen molar-refractivity contribution in [3.63, 3.8) is 0 Å². The Bertz CT molecular complexity index is 439. The number of H-pyrrole nitrogens is 1. The number of fused-ring (bicyclic) bond motifs is 1. The normalized spacial score (nSPS) is 11.4. The lowest BCUT2D eigenvalue weighted by molar-refractivity contribution is -0.0447. The Morgan fingerprint density at radius 2 is 2.15 bits per heavy atom. The van der Waals surface area contributed by atoms with Gasteiger partial charge in [-0.2, -0.15) is 5.10 Å². The number of nitrogens with zero attached hydrogens (tertiary/aromatic N) is 1. The maximum atomic E-state index is 13.0. The van der Waals surface area contributed by atoms with Gasteiger partial charge in [-0.15, -0.1) is 0 Å². The highest BCUT2D eigenvalue weighted by Gasteiger charge is 2.13. The van der Waals surface area contributed by atoms with E-state index in [0.717, 1.165) is 0 Å². The van der Waals surface area contributed by atoms with Crippen LogP contribution in [0.1, 0.15) is 12.0 Å². The molecule has 0 saturated carbocycles. The highest BCUT2D eigenvalue weighted by Crippen LogP contribution is 2.21. The zero-order chi connectivity index (χ0) is 9.42. The van der Waals surface area contributed by atoms with Crippen molar-refractivity contribution in [1.82, 2.24) is 10.2 Å². The van der Waals surface area contributed by atoms with Gasteiger partial charge < -0.3 is 10.2 Å². The predicted molar refractivity (Wildman–Crippen MR) is 43.2 cm³/mol. The maximum Gasteiger partial charge on any atom is 0.196 e. The molecule has 0 saturated heterocycles. The fourth-order valence-corrected chi connectivity index (χ4v) is 1.22. The zero-order valence-corrected chi connectivity index (χ0v) is 6.53. The summed E-state index contributed by atoms with van der Waals surface area (Å²) in [4.78, 5) is 0. The third-order valence-electron chi connectivity index (χ3n) is 1.82. The van der Waals surface area contributed by atoms with Crippen LogP contribution in [-0.4, -0.2) is 20.4 Å². The SMILES string of the molecule is OC(O)c1[nH]nc2c(F)cccc12. The molecule has 0 fully saturated rings. The number of aliphatic hydroxyl groups is 2. The molecular weight excluding hydrogens is 175 g/mol. The van der Waals surface area contributed by atoms with Crippen LogP contribution in [-0.2, 0) is 0 Å². The lowest BCUT2D eigenvalue weighted by Gasteiger charge is -1.98. The summed E-state index contributed by atoms with van der Waals surface area (Å²) in [6.45, 7) is 0. The summed E-state index contributed by atoms with van der Waals surface area (Å²) in [5, 5.41) is 24.1. The van der Waals surface area contributed by atoms with E-state index in [-0.39, 0.29) is 11.2 Å². The standard InChI is InChI=1S/C8H7FN2O2/c9-5-3-1-2-4-6(5)10-11-7(4)8(12)13/h1-3,8,12-13H,(H,10,11). The molecule has 3 N–H and O–H groups in total. The van der Waals surface area contributed by atoms with Crippen LogP contribution in [0.25, 0.3) is 10.9 Å². The summed E-state index contributed by atoms with van der Waals surface area (Å²) in [6, 6.07) is 4.31. The lowest BCUT2D eigenvalue weighted by atomic mass is 10.2. The van der Waals surface area contributed by atoms with Gasteiger partial charge in [-0.05, 0) is 6.07 Å². The first-order valence-corrected chi connectivity index (χ1v) is 3.69. The first-order valence-electron chi connectivity index (χ1n) is 3.69. The third-order valence-corrected chi connectivity index (χ3v) is 1.82. The van der Waals surface area contributed by atoms with Gasteiger partial charge in [0.25, 0.3) is 0 Å². The lowest BCUT2D eigenvalue weighted by Crippen LogP contribution is -1.95. The topological polar surface area (TPSA) is 69.1 Å². The van der Waals surface area contributed by atoms with Crippen LogP contribution < -0.4 is 0 Å². The second-order valence-corrected chi connectivity index (χ2v) is 2.65. The minimum Gasteiger partial charge on any atom is -0.363 e. The quantitative estimate of drug-likeness (QED) is 0.568. The summed E-state index contributed by atoms with van der Waals surface area (Å²) < 4.78 is 13.0. The predicted octanol–water partition coefficient (Wildman–Crippen LogP) is 0.685. The molecule has 0 unspecified atom stereocenters. The second kappa shape index (κ2) is 2.79. The first kappa shape index (κ1) is 8.15. The number of benzene rings is 1. The van der Waals surface area contributed by atoms with E-state index in [1.54, 1.807) is 6.07 Å². The number of aromatic amines is 1. The molecule has 2 rings (SSSR count). The van der Waals surface area contributed by atoms with Crippen molar-refractivity contribution < 1.29 is 14.6 Å². The van der Waals surface area contributed by atoms with Gasteiger partial charge >= 0.3 is 0 Å². The van der Waals surface area contributed by atoms with Crippen LogP contribution in [0.3, 0.4) is 0 Å². The largest absolute Gasteiger partial charge is 0.363 e. The van der Waals surface area contributed by atoms with E-state index in [9.17, 15) is 4.39 Å². The number of nitrogens with one attached hydrogen (secondary N) is 1. The highest BCUT2D eigenvalue weighted by atomic mass is 19.1. The maximum absolute atomic E-state index is 13.0. The molecule has 0 aliphatic rings. The minimum atomic E-state index is -1.66. The molecule has 0 aliphatic heterocycles. The summed E-state index contributed by atoms with van der Waals surface area (Å²) >= 11 is 0. The zero-order valence-electron chi connectivity index (χ0n) is 6.53. The molecule has 4 nitrogen and oxygen atoms in total. The molecule has 68 valence electrons. The van der Waals surface area contributed by atoms with Crippen LogP contribution in [0, 0.1) is 5.82 Å². The van der Waals surface area contributed by atoms with Crippen molar-refractivity contribution in [1.29, 1.82) is 0 Å². The van der Waals surface area contributed by atoms with Crippen molar-refractivity contribution >= 4 is 10.9 Å². The van der Waals surface area contributed by atoms with Gasteiger partial charge in [-0.1, -0.05) is 12.1 Å².